The number of benzene rings is 1. The maximum Gasteiger partial charge on any atom is 0.405 e. The van der Waals surface area contributed by atoms with Crippen LogP contribution < -0.4 is 5.32 Å². The standard InChI is InChI=1S/C10H8INO2/c11-7-6-9(12-10(13)14)8-4-2-1-3-5-8/h1-5,9,12H,(H,13,14). The van der Waals surface area contributed by atoms with Crippen molar-refractivity contribution in [1.29, 1.82) is 0 Å². The van der Waals surface area contributed by atoms with Gasteiger partial charge in [0.25, 0.3) is 0 Å². The summed E-state index contributed by atoms with van der Waals surface area (Å²) in [6.45, 7) is 0. The van der Waals surface area contributed by atoms with Crippen molar-refractivity contribution < 1.29 is 9.90 Å². The smallest absolute Gasteiger partial charge is 0.405 e. The lowest BCUT2D eigenvalue weighted by molar-refractivity contribution is 0.192. The molecular formula is C10H8INO2. The van der Waals surface area contributed by atoms with E-state index < -0.39 is 12.1 Å². The Morgan fingerprint density at radius 1 is 1.43 bits per heavy atom. The summed E-state index contributed by atoms with van der Waals surface area (Å²) in [6, 6.07) is 8.79. The van der Waals surface area contributed by atoms with Gasteiger partial charge in [-0.3, -0.25) is 0 Å². The van der Waals surface area contributed by atoms with E-state index in [9.17, 15) is 4.79 Å². The van der Waals surface area contributed by atoms with Crippen LogP contribution in [-0.4, -0.2) is 11.2 Å². The summed E-state index contributed by atoms with van der Waals surface area (Å²) in [5.74, 6) is 2.77. The molecule has 0 saturated heterocycles. The summed E-state index contributed by atoms with van der Waals surface area (Å²) >= 11 is 1.88. The minimum Gasteiger partial charge on any atom is -0.465 e. The average molecular weight is 301 g/mol. The molecule has 0 aliphatic rings. The number of carboxylic acid groups (broad SMARTS) is 1. The maximum absolute atomic E-state index is 10.5. The minimum atomic E-state index is -1.07. The molecule has 1 rings (SSSR count). The molecule has 0 fully saturated rings. The second-order valence-electron chi connectivity index (χ2n) is 2.53. The summed E-state index contributed by atoms with van der Waals surface area (Å²) < 4.78 is 2.67. The van der Waals surface area contributed by atoms with Crippen molar-refractivity contribution in [3.8, 4) is 9.85 Å². The molecule has 3 nitrogen and oxygen atoms in total. The van der Waals surface area contributed by atoms with Gasteiger partial charge in [0.2, 0.25) is 0 Å². The summed E-state index contributed by atoms with van der Waals surface area (Å²) in [4.78, 5) is 10.5. The lowest BCUT2D eigenvalue weighted by atomic mass is 10.1. The molecule has 0 aromatic heterocycles. The van der Waals surface area contributed by atoms with E-state index in [1.54, 1.807) is 0 Å². The molecule has 1 aromatic carbocycles. The van der Waals surface area contributed by atoms with E-state index in [0.717, 1.165) is 5.56 Å². The molecular weight excluding hydrogens is 293 g/mol. The number of hydrogen-bond donors (Lipinski definition) is 2. The quantitative estimate of drug-likeness (QED) is 0.651. The molecule has 4 heteroatoms. The Labute approximate surface area is 95.7 Å². The third-order valence-electron chi connectivity index (χ3n) is 1.60. The molecule has 1 unspecified atom stereocenters. The van der Waals surface area contributed by atoms with Crippen molar-refractivity contribution in [1.82, 2.24) is 5.32 Å². The predicted octanol–water partition coefficient (Wildman–Crippen LogP) is 2.39. The van der Waals surface area contributed by atoms with E-state index in [1.807, 2.05) is 52.9 Å². The number of nitrogens with one attached hydrogen (secondary N) is 1. The number of hydrogen-bond acceptors (Lipinski definition) is 1. The molecule has 0 aliphatic carbocycles. The van der Waals surface area contributed by atoms with Crippen LogP contribution in [0.25, 0.3) is 0 Å². The molecule has 1 aromatic rings. The fourth-order valence-electron chi connectivity index (χ4n) is 1.03. The van der Waals surface area contributed by atoms with Gasteiger partial charge in [-0.05, 0) is 9.49 Å². The van der Waals surface area contributed by atoms with Gasteiger partial charge in [-0.25, -0.2) is 4.79 Å². The predicted molar refractivity (Wildman–Crippen MR) is 62.1 cm³/mol. The molecule has 0 saturated carbocycles. The van der Waals surface area contributed by atoms with Gasteiger partial charge in [0.05, 0.1) is 0 Å². The number of carbonyl (C=O) groups is 1. The summed E-state index contributed by atoms with van der Waals surface area (Å²) in [5, 5.41) is 10.9. The average Bonchev–Trinajstić information content (AvgIpc) is 2.18. The van der Waals surface area contributed by atoms with Crippen LogP contribution in [0.4, 0.5) is 4.79 Å². The topological polar surface area (TPSA) is 49.3 Å². The maximum atomic E-state index is 10.5. The zero-order valence-corrected chi connectivity index (χ0v) is 9.36. The van der Waals surface area contributed by atoms with Gasteiger partial charge in [-0.15, -0.1) is 0 Å². The van der Waals surface area contributed by atoms with Gasteiger partial charge in [0.15, 0.2) is 0 Å². The fraction of sp³-hybridized carbons (Fsp3) is 0.100. The van der Waals surface area contributed by atoms with Crippen molar-refractivity contribution in [2.45, 2.75) is 6.04 Å². The van der Waals surface area contributed by atoms with Crippen LogP contribution in [0.5, 0.6) is 0 Å². The third-order valence-corrected chi connectivity index (χ3v) is 1.91. The Morgan fingerprint density at radius 2 is 2.07 bits per heavy atom. The van der Waals surface area contributed by atoms with E-state index in [0.29, 0.717) is 0 Å². The summed E-state index contributed by atoms with van der Waals surface area (Å²) in [7, 11) is 0. The van der Waals surface area contributed by atoms with Crippen LogP contribution in [0.15, 0.2) is 30.3 Å². The SMILES string of the molecule is O=C(O)NC(C#CI)c1ccccc1. The summed E-state index contributed by atoms with van der Waals surface area (Å²) in [5.41, 5.74) is 0.846. The van der Waals surface area contributed by atoms with Crippen LogP contribution in [0, 0.1) is 9.85 Å². The first-order chi connectivity index (χ1) is 6.74. The molecule has 2 N–H and O–H groups in total. The molecule has 1 amide bonds. The van der Waals surface area contributed by atoms with Crippen LogP contribution in [0.3, 0.4) is 0 Å². The van der Waals surface area contributed by atoms with E-state index in [-0.39, 0.29) is 0 Å². The van der Waals surface area contributed by atoms with Crippen molar-refractivity contribution in [3.05, 3.63) is 35.9 Å². The van der Waals surface area contributed by atoms with Crippen LogP contribution in [-0.2, 0) is 0 Å². The number of rotatable bonds is 2. The van der Waals surface area contributed by atoms with Crippen molar-refractivity contribution in [2.24, 2.45) is 0 Å². The lowest BCUT2D eigenvalue weighted by Gasteiger charge is -2.09. The fourth-order valence-corrected chi connectivity index (χ4v) is 1.34. The molecule has 0 heterocycles. The summed E-state index contributed by atoms with van der Waals surface area (Å²) in [6.07, 6.45) is -1.07. The van der Waals surface area contributed by atoms with Gasteiger partial charge < -0.3 is 10.4 Å². The van der Waals surface area contributed by atoms with Gasteiger partial charge in [-0.1, -0.05) is 36.3 Å². The molecule has 72 valence electrons. The van der Waals surface area contributed by atoms with Crippen LogP contribution in [0.1, 0.15) is 11.6 Å². The monoisotopic (exact) mass is 301 g/mol. The van der Waals surface area contributed by atoms with Crippen molar-refractivity contribution >= 4 is 28.7 Å². The molecule has 1 atom stereocenters. The first-order valence-corrected chi connectivity index (χ1v) is 4.97. The third kappa shape index (κ3) is 3.26. The Kier molecular flexibility index (Phi) is 4.26. The van der Waals surface area contributed by atoms with Crippen molar-refractivity contribution in [2.75, 3.05) is 0 Å². The highest BCUT2D eigenvalue weighted by molar-refractivity contribution is 14.1. The van der Waals surface area contributed by atoms with Gasteiger partial charge in [-0.2, -0.15) is 0 Å². The van der Waals surface area contributed by atoms with Crippen LogP contribution in [0.2, 0.25) is 0 Å². The normalized spacial score (nSPS) is 10.9. The lowest BCUT2D eigenvalue weighted by Crippen LogP contribution is -2.25. The Morgan fingerprint density at radius 3 is 2.57 bits per heavy atom. The highest BCUT2D eigenvalue weighted by Crippen LogP contribution is 2.11. The zero-order valence-electron chi connectivity index (χ0n) is 7.20. The zero-order chi connectivity index (χ0) is 10.4. The number of halogens is 1. The highest BCUT2D eigenvalue weighted by atomic mass is 127. The molecule has 0 spiro atoms. The van der Waals surface area contributed by atoms with E-state index in [4.69, 9.17) is 5.11 Å². The second-order valence-corrected chi connectivity index (χ2v) is 3.07. The second kappa shape index (κ2) is 5.50. The van der Waals surface area contributed by atoms with Crippen LogP contribution >= 0.6 is 22.6 Å². The van der Waals surface area contributed by atoms with Crippen molar-refractivity contribution in [3.63, 3.8) is 0 Å². The minimum absolute atomic E-state index is 0.453. The Balaban J connectivity index is 2.87. The first kappa shape index (κ1) is 10.9. The van der Waals surface area contributed by atoms with Gasteiger partial charge >= 0.3 is 6.09 Å². The highest BCUT2D eigenvalue weighted by Gasteiger charge is 2.09. The molecule has 0 bridgehead atoms. The van der Waals surface area contributed by atoms with Gasteiger partial charge in [0, 0.05) is 22.6 Å². The first-order valence-electron chi connectivity index (χ1n) is 3.89. The molecule has 14 heavy (non-hydrogen) atoms. The van der Waals surface area contributed by atoms with E-state index in [1.165, 1.54) is 0 Å². The van der Waals surface area contributed by atoms with E-state index in [2.05, 4.69) is 15.2 Å². The Bertz CT molecular complexity index is 367. The van der Waals surface area contributed by atoms with Gasteiger partial charge in [0.1, 0.15) is 6.04 Å². The number of amides is 1. The molecule has 0 aliphatic heterocycles. The van der Waals surface area contributed by atoms with E-state index >= 15 is 0 Å². The largest absolute Gasteiger partial charge is 0.465 e. The molecule has 0 radical (unpaired) electrons. The Hall–Kier alpha value is -1.22.